The average Bonchev–Trinajstić information content (AvgIpc) is 3.43. The second kappa shape index (κ2) is 32.3. The van der Waals surface area contributed by atoms with Gasteiger partial charge in [0.05, 0.1) is 64.1 Å². The van der Waals surface area contributed by atoms with E-state index in [0.29, 0.717) is 56.1 Å². The van der Waals surface area contributed by atoms with E-state index in [-0.39, 0.29) is 94.3 Å². The first-order valence-corrected chi connectivity index (χ1v) is 28.2. The van der Waals surface area contributed by atoms with E-state index >= 15 is 0 Å². The Labute approximate surface area is 467 Å². The average molecular weight is 1150 g/mol. The fourth-order valence-electron chi connectivity index (χ4n) is 11.1. The lowest BCUT2D eigenvalue weighted by molar-refractivity contribution is -0.392. The summed E-state index contributed by atoms with van der Waals surface area (Å²) < 4.78 is 109. The van der Waals surface area contributed by atoms with Gasteiger partial charge in [0.25, 0.3) is 11.7 Å². The third kappa shape index (κ3) is 19.6. The largest absolute Gasteiger partial charge is 0.482 e. The van der Waals surface area contributed by atoms with Crippen molar-refractivity contribution < 1.29 is 99.1 Å². The number of rotatable bonds is 16. The first-order valence-electron chi connectivity index (χ1n) is 28.2. The maximum atomic E-state index is 14.6. The van der Waals surface area contributed by atoms with Crippen molar-refractivity contribution in [3.05, 3.63) is 47.6 Å². The maximum Gasteiger partial charge on any atom is 0.482 e. The summed E-state index contributed by atoms with van der Waals surface area (Å²) in [5.74, 6) is -9.27. The van der Waals surface area contributed by atoms with Crippen molar-refractivity contribution in [2.24, 2.45) is 35.5 Å². The number of cyclic esters (lactones) is 1. The molecule has 80 heavy (non-hydrogen) atoms. The van der Waals surface area contributed by atoms with Crippen LogP contribution in [0.25, 0.3) is 0 Å². The molecule has 1 saturated carbocycles. The van der Waals surface area contributed by atoms with Crippen molar-refractivity contribution in [3.8, 4) is 0 Å². The summed E-state index contributed by atoms with van der Waals surface area (Å²) in [5.41, 5.74) is 0.944. The van der Waals surface area contributed by atoms with Crippen LogP contribution in [0.2, 0.25) is 0 Å². The molecule has 3 heterocycles. The number of ether oxygens (including phenoxy) is 8. The van der Waals surface area contributed by atoms with Gasteiger partial charge in [-0.2, -0.15) is 22.0 Å². The Kier molecular flexibility index (Phi) is 27.7. The van der Waals surface area contributed by atoms with Gasteiger partial charge in [-0.05, 0) is 107 Å². The number of allylic oxidation sites excluding steroid dienone is 6. The zero-order valence-electron chi connectivity index (χ0n) is 48.0. The number of ketones is 3. The number of nitrogens with zero attached hydrogens (tertiary/aromatic N) is 1. The monoisotopic (exact) mass is 1150 g/mol. The number of alkyl halides is 5. The van der Waals surface area contributed by atoms with Crippen molar-refractivity contribution in [1.29, 1.82) is 0 Å². The topological polar surface area (TPSA) is 223 Å². The standard InChI is InChI=1S/C58H88F5NO16/c1-35-15-11-10-12-16-36(2)47(77-27-25-75-26-28-78-58(62,63)57(59,60)61)33-43-20-18-41(7)56(72,80-43)53(69)54(70)64-22-14-13-17-44(64)55(71)79-48(38(4)31-42-19-21-46(76-24-23-65)49(32-42)73-8)34-45(66)37(3)30-40(6)51(68)52(74-9)50(67)39(5)29-35/h10-12,15-16,30,35,37-39,41-44,46-49,51-52,65,68,72H,13-14,17-29,31-34H2,1-9H3/b12-10+,15-11+,36-16+,40-30+/t35-,37-,38-,39-,41-,42+,43+,44+,46-,47+,48+,49-,51-,52+,56-/m1/s1. The predicted octanol–water partition coefficient (Wildman–Crippen LogP) is 7.76. The van der Waals surface area contributed by atoms with E-state index in [9.17, 15) is 61.2 Å². The van der Waals surface area contributed by atoms with Crippen molar-refractivity contribution in [2.75, 3.05) is 60.4 Å². The van der Waals surface area contributed by atoms with Gasteiger partial charge in [0.15, 0.2) is 5.78 Å². The Hall–Kier alpha value is -3.84. The zero-order valence-corrected chi connectivity index (χ0v) is 48.0. The molecule has 15 atom stereocenters. The molecule has 0 radical (unpaired) electrons. The van der Waals surface area contributed by atoms with Crippen LogP contribution < -0.4 is 0 Å². The maximum absolute atomic E-state index is 14.6. The second-order valence-corrected chi connectivity index (χ2v) is 22.3. The first-order chi connectivity index (χ1) is 37.7. The van der Waals surface area contributed by atoms with Crippen LogP contribution in [0.4, 0.5) is 22.0 Å². The molecular formula is C58H88F5NO16. The minimum Gasteiger partial charge on any atom is -0.460 e. The Morgan fingerprint density at radius 2 is 1.52 bits per heavy atom. The molecule has 17 nitrogen and oxygen atoms in total. The van der Waals surface area contributed by atoms with Crippen LogP contribution in [0.3, 0.4) is 0 Å². The number of Topliss-reactive ketones (excluding diaryl/α,β-unsaturated/α-hetero) is 3. The molecule has 4 rings (SSSR count). The van der Waals surface area contributed by atoms with Crippen LogP contribution in [0.5, 0.6) is 0 Å². The molecule has 3 N–H and O–H groups in total. The van der Waals surface area contributed by atoms with Crippen LogP contribution in [0, 0.1) is 35.5 Å². The summed E-state index contributed by atoms with van der Waals surface area (Å²) in [6, 6.07) is -1.26. The Bertz CT molecular complexity index is 2140. The number of aliphatic hydroxyl groups is 3. The molecule has 2 bridgehead atoms. The van der Waals surface area contributed by atoms with Gasteiger partial charge in [-0.3, -0.25) is 19.2 Å². The first kappa shape index (κ1) is 68.7. The number of hydrogen-bond acceptors (Lipinski definition) is 16. The molecule has 0 aromatic rings. The van der Waals surface area contributed by atoms with Gasteiger partial charge >= 0.3 is 18.3 Å². The van der Waals surface area contributed by atoms with E-state index < -0.39 is 109 Å². The van der Waals surface area contributed by atoms with Gasteiger partial charge in [0.1, 0.15) is 30.1 Å². The Morgan fingerprint density at radius 1 is 0.812 bits per heavy atom. The van der Waals surface area contributed by atoms with E-state index in [1.165, 1.54) is 7.11 Å². The van der Waals surface area contributed by atoms with Crippen molar-refractivity contribution in [2.45, 2.75) is 192 Å². The van der Waals surface area contributed by atoms with E-state index in [2.05, 4.69) is 4.74 Å². The van der Waals surface area contributed by atoms with Crippen LogP contribution in [-0.2, 0) is 61.9 Å². The number of esters is 1. The fraction of sp³-hybridized carbons (Fsp3) is 0.776. The van der Waals surface area contributed by atoms with Crippen LogP contribution in [-0.4, -0.2) is 177 Å². The van der Waals surface area contributed by atoms with Gasteiger partial charge in [-0.25, -0.2) is 4.79 Å². The van der Waals surface area contributed by atoms with Crippen molar-refractivity contribution in [1.82, 2.24) is 4.90 Å². The van der Waals surface area contributed by atoms with E-state index in [1.54, 1.807) is 72.1 Å². The van der Waals surface area contributed by atoms with Crippen LogP contribution >= 0.6 is 0 Å². The smallest absolute Gasteiger partial charge is 0.460 e. The van der Waals surface area contributed by atoms with Gasteiger partial charge in [0.2, 0.25) is 5.79 Å². The van der Waals surface area contributed by atoms with Gasteiger partial charge in [0, 0.05) is 51.4 Å². The van der Waals surface area contributed by atoms with E-state index in [0.717, 1.165) is 11.3 Å². The molecule has 0 spiro atoms. The van der Waals surface area contributed by atoms with E-state index in [4.69, 9.17) is 33.2 Å². The lowest BCUT2D eigenvalue weighted by Crippen LogP contribution is -2.61. The fourth-order valence-corrected chi connectivity index (χ4v) is 11.1. The molecule has 2 saturated heterocycles. The number of methoxy groups -OCH3 is 2. The highest BCUT2D eigenvalue weighted by Gasteiger charge is 2.59. The van der Waals surface area contributed by atoms with Gasteiger partial charge in [-0.15, -0.1) is 0 Å². The minimum atomic E-state index is -5.90. The molecule has 0 aromatic carbocycles. The molecule has 4 aliphatic rings. The Morgan fingerprint density at radius 3 is 2.20 bits per heavy atom. The number of fused-ring (bicyclic) bond motifs is 3. The van der Waals surface area contributed by atoms with E-state index in [1.807, 2.05) is 19.9 Å². The van der Waals surface area contributed by atoms with Crippen LogP contribution in [0.1, 0.15) is 126 Å². The lowest BCUT2D eigenvalue weighted by Gasteiger charge is -2.43. The SMILES string of the molecule is CO[C@@H]1C[C@H](C[C@@H](C)[C@@H]2CC(=O)[C@H](C)/C=C(\C)[C@@H](O)[C@@H](OC)C(=O)[C@H](C)C[C@H](C)/C=C/C=C/C=C(\C)[C@@H](OCCOCCOC(F)(F)C(F)(F)F)C[C@@H]3CC[C@@H](C)[C@@](O)(O3)C(=O)C(=O)N3CCCC[C@H]3C(=O)O2)CC[C@H]1OCCO. The normalized spacial score (nSPS) is 35.5. The van der Waals surface area contributed by atoms with Crippen molar-refractivity contribution in [3.63, 3.8) is 0 Å². The summed E-state index contributed by atoms with van der Waals surface area (Å²) in [7, 11) is 2.92. The summed E-state index contributed by atoms with van der Waals surface area (Å²) in [6.45, 7) is 10.0. The molecule has 0 aromatic heterocycles. The van der Waals surface area contributed by atoms with Crippen molar-refractivity contribution >= 4 is 29.2 Å². The predicted molar refractivity (Wildman–Crippen MR) is 283 cm³/mol. The number of halogens is 5. The number of hydrogen-bond donors (Lipinski definition) is 3. The number of piperidine rings is 1. The molecule has 1 amide bonds. The molecule has 0 unspecified atom stereocenters. The highest BCUT2D eigenvalue weighted by molar-refractivity contribution is 6.39. The number of amides is 1. The third-order valence-electron chi connectivity index (χ3n) is 16.0. The summed E-state index contributed by atoms with van der Waals surface area (Å²) in [5, 5.41) is 33.1. The molecule has 456 valence electrons. The highest BCUT2D eigenvalue weighted by Crippen LogP contribution is 2.39. The third-order valence-corrected chi connectivity index (χ3v) is 16.0. The summed E-state index contributed by atoms with van der Waals surface area (Å²) in [4.78, 5) is 72.7. The Balaban J connectivity index is 1.68. The van der Waals surface area contributed by atoms with Gasteiger partial charge < -0.3 is 58.1 Å². The second-order valence-electron chi connectivity index (χ2n) is 22.3. The number of carbonyl (C=O) groups excluding carboxylic acids is 5. The molecule has 22 heteroatoms. The van der Waals surface area contributed by atoms with Gasteiger partial charge in [-0.1, -0.05) is 71.1 Å². The molecule has 3 aliphatic heterocycles. The number of carbonyl (C=O) groups is 5. The minimum absolute atomic E-state index is 0.0228. The molecular weight excluding hydrogens is 1060 g/mol. The molecule has 1 aliphatic carbocycles. The summed E-state index contributed by atoms with van der Waals surface area (Å²) >= 11 is 0. The molecule has 3 fully saturated rings. The van der Waals surface area contributed by atoms with Crippen LogP contribution in [0.15, 0.2) is 47.6 Å². The lowest BCUT2D eigenvalue weighted by atomic mass is 9.78. The zero-order chi connectivity index (χ0) is 59.5. The highest BCUT2D eigenvalue weighted by atomic mass is 19.4. The summed E-state index contributed by atoms with van der Waals surface area (Å²) in [6.07, 6.45) is -2.37. The number of aliphatic hydroxyl groups excluding tert-OH is 2. The quantitative estimate of drug-likeness (QED) is 0.0442.